The Kier molecular flexibility index (Phi) is 8.66. The first-order valence-corrected chi connectivity index (χ1v) is 18.2. The predicted molar refractivity (Wildman–Crippen MR) is 226 cm³/mol. The molecule has 9 rings (SSSR count). The number of benzene rings is 9. The van der Waals surface area contributed by atoms with Crippen molar-refractivity contribution in [1.82, 2.24) is 0 Å². The van der Waals surface area contributed by atoms with Crippen molar-refractivity contribution >= 4 is 27.8 Å². The second kappa shape index (κ2) is 14.3. The van der Waals surface area contributed by atoms with Gasteiger partial charge in [-0.15, -0.1) is 0 Å². The van der Waals surface area contributed by atoms with Crippen LogP contribution in [0, 0.1) is 0 Å². The molecule has 53 heavy (non-hydrogen) atoms. The first-order chi connectivity index (χ1) is 26.3. The van der Waals surface area contributed by atoms with Crippen LogP contribution in [0.15, 0.2) is 224 Å². The number of hydrogen-bond acceptors (Lipinski definition) is 1. The molecule has 0 saturated carbocycles. The molecule has 9 aromatic rings. The van der Waals surface area contributed by atoms with Gasteiger partial charge in [-0.1, -0.05) is 182 Å². The zero-order valence-corrected chi connectivity index (χ0v) is 29.3. The molecular weight excluding hydrogens is 639 g/mol. The topological polar surface area (TPSA) is 3.24 Å². The van der Waals surface area contributed by atoms with Crippen molar-refractivity contribution in [3.8, 4) is 55.6 Å². The zero-order chi connectivity index (χ0) is 35.4. The van der Waals surface area contributed by atoms with E-state index >= 15 is 0 Å². The molecule has 0 spiro atoms. The van der Waals surface area contributed by atoms with E-state index in [1.807, 2.05) is 0 Å². The summed E-state index contributed by atoms with van der Waals surface area (Å²) in [6.07, 6.45) is 0. The van der Waals surface area contributed by atoms with Gasteiger partial charge in [-0.05, 0) is 109 Å². The minimum atomic E-state index is 1.10. The Bertz CT molecular complexity index is 2640. The highest BCUT2D eigenvalue weighted by atomic mass is 15.1. The molecule has 0 saturated heterocycles. The highest BCUT2D eigenvalue weighted by molar-refractivity contribution is 5.97. The normalized spacial score (nSPS) is 11.0. The Morgan fingerprint density at radius 1 is 0.226 bits per heavy atom. The average Bonchev–Trinajstić information content (AvgIpc) is 3.25. The third-order valence-corrected chi connectivity index (χ3v) is 10.1. The van der Waals surface area contributed by atoms with Crippen LogP contribution >= 0.6 is 0 Å². The second-order valence-electron chi connectivity index (χ2n) is 13.4. The molecule has 0 radical (unpaired) electrons. The Morgan fingerprint density at radius 3 is 1.36 bits per heavy atom. The predicted octanol–water partition coefficient (Wildman–Crippen LogP) is 14.6. The smallest absolute Gasteiger partial charge is 0.0467 e. The van der Waals surface area contributed by atoms with E-state index in [9.17, 15) is 0 Å². The molecule has 0 unspecified atom stereocenters. The molecule has 0 amide bonds. The summed E-state index contributed by atoms with van der Waals surface area (Å²) >= 11 is 0. The van der Waals surface area contributed by atoms with Crippen LogP contribution in [0.1, 0.15) is 0 Å². The maximum atomic E-state index is 2.36. The third kappa shape index (κ3) is 6.53. The summed E-state index contributed by atoms with van der Waals surface area (Å²) in [5.74, 6) is 0. The first-order valence-electron chi connectivity index (χ1n) is 18.2. The van der Waals surface area contributed by atoms with Gasteiger partial charge >= 0.3 is 0 Å². The van der Waals surface area contributed by atoms with E-state index in [0.717, 1.165) is 17.1 Å². The van der Waals surface area contributed by atoms with Crippen LogP contribution in [0.2, 0.25) is 0 Å². The van der Waals surface area contributed by atoms with Gasteiger partial charge in [0.1, 0.15) is 0 Å². The molecule has 0 bridgehead atoms. The molecule has 1 nitrogen and oxygen atoms in total. The molecule has 0 aliphatic rings. The highest BCUT2D eigenvalue weighted by Gasteiger charge is 2.16. The van der Waals surface area contributed by atoms with E-state index in [1.54, 1.807) is 0 Å². The summed E-state index contributed by atoms with van der Waals surface area (Å²) in [5.41, 5.74) is 15.4. The molecule has 0 heterocycles. The van der Waals surface area contributed by atoms with Gasteiger partial charge in [-0.25, -0.2) is 0 Å². The molecule has 9 aromatic carbocycles. The molecule has 0 aromatic heterocycles. The van der Waals surface area contributed by atoms with Crippen molar-refractivity contribution in [2.75, 3.05) is 4.90 Å². The van der Waals surface area contributed by atoms with E-state index in [-0.39, 0.29) is 0 Å². The monoisotopic (exact) mass is 675 g/mol. The van der Waals surface area contributed by atoms with E-state index in [1.165, 1.54) is 66.4 Å². The van der Waals surface area contributed by atoms with Crippen LogP contribution in [-0.4, -0.2) is 0 Å². The Hall–Kier alpha value is -6.96. The molecule has 1 heteroatoms. The maximum Gasteiger partial charge on any atom is 0.0467 e. The minimum absolute atomic E-state index is 1.10. The standard InChI is InChI=1S/C52H37N/c1-3-14-38(15-4-1)44-21-12-23-48(37-44)53(47-34-30-42(31-35-47)51-26-10-9-25-49(51)40-16-5-2-6-17-40)46-32-28-39(29-33-46)43-20-11-22-45(36-43)52-27-13-19-41-18-7-8-24-50(41)52/h1-37H. The van der Waals surface area contributed by atoms with Crippen molar-refractivity contribution in [1.29, 1.82) is 0 Å². The highest BCUT2D eigenvalue weighted by Crippen LogP contribution is 2.40. The molecule has 0 fully saturated rings. The van der Waals surface area contributed by atoms with Gasteiger partial charge in [0.25, 0.3) is 0 Å². The fraction of sp³-hybridized carbons (Fsp3) is 0. The lowest BCUT2D eigenvalue weighted by molar-refractivity contribution is 1.28. The zero-order valence-electron chi connectivity index (χ0n) is 29.3. The van der Waals surface area contributed by atoms with Crippen LogP contribution in [0.4, 0.5) is 17.1 Å². The number of anilines is 3. The van der Waals surface area contributed by atoms with Gasteiger partial charge in [0, 0.05) is 17.1 Å². The fourth-order valence-electron chi connectivity index (χ4n) is 7.44. The molecule has 0 N–H and O–H groups in total. The van der Waals surface area contributed by atoms with E-state index in [2.05, 4.69) is 229 Å². The van der Waals surface area contributed by atoms with Gasteiger partial charge in [-0.3, -0.25) is 0 Å². The van der Waals surface area contributed by atoms with Gasteiger partial charge in [0.05, 0.1) is 0 Å². The fourth-order valence-corrected chi connectivity index (χ4v) is 7.44. The van der Waals surface area contributed by atoms with E-state index in [0.29, 0.717) is 0 Å². The first kappa shape index (κ1) is 32.0. The number of fused-ring (bicyclic) bond motifs is 1. The summed E-state index contributed by atoms with van der Waals surface area (Å²) in [6, 6.07) is 80.7. The number of nitrogens with zero attached hydrogens (tertiary/aromatic N) is 1. The summed E-state index contributed by atoms with van der Waals surface area (Å²) < 4.78 is 0. The molecular formula is C52H37N. The number of hydrogen-bond donors (Lipinski definition) is 0. The van der Waals surface area contributed by atoms with Crippen LogP contribution < -0.4 is 4.90 Å². The summed E-state index contributed by atoms with van der Waals surface area (Å²) in [4.78, 5) is 2.36. The quantitative estimate of drug-likeness (QED) is 0.155. The van der Waals surface area contributed by atoms with Crippen molar-refractivity contribution < 1.29 is 0 Å². The van der Waals surface area contributed by atoms with Crippen LogP contribution in [0.5, 0.6) is 0 Å². The Balaban J connectivity index is 1.10. The molecule has 250 valence electrons. The lowest BCUT2D eigenvalue weighted by Crippen LogP contribution is -2.10. The van der Waals surface area contributed by atoms with Gasteiger partial charge in [-0.2, -0.15) is 0 Å². The van der Waals surface area contributed by atoms with Crippen LogP contribution in [0.3, 0.4) is 0 Å². The van der Waals surface area contributed by atoms with Gasteiger partial charge in [0.15, 0.2) is 0 Å². The summed E-state index contributed by atoms with van der Waals surface area (Å²) in [6.45, 7) is 0. The van der Waals surface area contributed by atoms with Crippen molar-refractivity contribution in [3.63, 3.8) is 0 Å². The minimum Gasteiger partial charge on any atom is -0.310 e. The van der Waals surface area contributed by atoms with Crippen LogP contribution in [-0.2, 0) is 0 Å². The van der Waals surface area contributed by atoms with E-state index in [4.69, 9.17) is 0 Å². The number of rotatable bonds is 8. The summed E-state index contributed by atoms with van der Waals surface area (Å²) in [5, 5.41) is 2.52. The van der Waals surface area contributed by atoms with Gasteiger partial charge in [0.2, 0.25) is 0 Å². The van der Waals surface area contributed by atoms with Crippen molar-refractivity contribution in [3.05, 3.63) is 224 Å². The molecule has 0 atom stereocenters. The maximum absolute atomic E-state index is 2.36. The van der Waals surface area contributed by atoms with E-state index < -0.39 is 0 Å². The Labute approximate surface area is 311 Å². The third-order valence-electron chi connectivity index (χ3n) is 10.1. The van der Waals surface area contributed by atoms with Crippen molar-refractivity contribution in [2.24, 2.45) is 0 Å². The lowest BCUT2D eigenvalue weighted by atomic mass is 9.94. The van der Waals surface area contributed by atoms with Gasteiger partial charge < -0.3 is 4.90 Å². The molecule has 0 aliphatic heterocycles. The summed E-state index contributed by atoms with van der Waals surface area (Å²) in [7, 11) is 0. The van der Waals surface area contributed by atoms with Crippen LogP contribution in [0.25, 0.3) is 66.4 Å². The SMILES string of the molecule is c1ccc(-c2cccc(N(c3ccc(-c4cccc(-c5cccc6ccccc56)c4)cc3)c3ccc(-c4ccccc4-c4ccccc4)cc3)c2)cc1. The average molecular weight is 676 g/mol. The Morgan fingerprint density at radius 2 is 0.660 bits per heavy atom. The van der Waals surface area contributed by atoms with Crippen molar-refractivity contribution in [2.45, 2.75) is 0 Å². The lowest BCUT2D eigenvalue weighted by Gasteiger charge is -2.26. The second-order valence-corrected chi connectivity index (χ2v) is 13.4. The largest absolute Gasteiger partial charge is 0.310 e. The molecule has 0 aliphatic carbocycles.